The molecule has 20 heavy (non-hydrogen) atoms. The molecule has 0 saturated heterocycles. The molecule has 4 nitrogen and oxygen atoms in total. The summed E-state index contributed by atoms with van der Waals surface area (Å²) < 4.78 is 45.0. The van der Waals surface area contributed by atoms with Gasteiger partial charge in [-0.3, -0.25) is 0 Å². The van der Waals surface area contributed by atoms with E-state index in [1.54, 1.807) is 12.1 Å². The minimum Gasteiger partial charge on any atom is -0.489 e. The summed E-state index contributed by atoms with van der Waals surface area (Å²) in [4.78, 5) is 0. The highest BCUT2D eigenvalue weighted by molar-refractivity contribution is 5.43. The number of rotatable bonds is 8. The normalized spacial score (nSPS) is 14.9. The van der Waals surface area contributed by atoms with E-state index in [9.17, 15) is 8.78 Å². The maximum absolute atomic E-state index is 12.4. The molecule has 0 unspecified atom stereocenters. The quantitative estimate of drug-likeness (QED) is 0.687. The van der Waals surface area contributed by atoms with E-state index in [2.05, 4.69) is 4.74 Å². The largest absolute Gasteiger partial charge is 0.489 e. The third-order valence-corrected chi connectivity index (χ3v) is 3.06. The molecule has 0 radical (unpaired) electrons. The van der Waals surface area contributed by atoms with Gasteiger partial charge >= 0.3 is 6.61 Å². The number of methoxy groups -OCH3 is 2. The predicted octanol–water partition coefficient (Wildman–Crippen LogP) is 3.37. The molecule has 0 aromatic heterocycles. The molecule has 0 spiro atoms. The first-order chi connectivity index (χ1) is 9.63. The summed E-state index contributed by atoms with van der Waals surface area (Å²) in [6.07, 6.45) is 1.66. The van der Waals surface area contributed by atoms with Crippen molar-refractivity contribution in [2.45, 2.75) is 25.7 Å². The zero-order chi connectivity index (χ0) is 14.5. The van der Waals surface area contributed by atoms with E-state index in [-0.39, 0.29) is 11.5 Å². The minimum absolute atomic E-state index is 0.0235. The highest BCUT2D eigenvalue weighted by Gasteiger charge is 2.23. The summed E-state index contributed by atoms with van der Waals surface area (Å²) in [7, 11) is 3.00. The van der Waals surface area contributed by atoms with Crippen molar-refractivity contribution in [3.05, 3.63) is 23.8 Å². The van der Waals surface area contributed by atoms with Crippen molar-refractivity contribution in [1.29, 1.82) is 0 Å². The van der Waals surface area contributed by atoms with Crippen LogP contribution in [0.1, 0.15) is 24.7 Å². The van der Waals surface area contributed by atoms with Crippen LogP contribution in [0.3, 0.4) is 0 Å². The molecule has 0 heterocycles. The van der Waals surface area contributed by atoms with E-state index in [0.717, 1.165) is 12.8 Å². The maximum Gasteiger partial charge on any atom is 0.387 e. The maximum atomic E-state index is 12.4. The molecule has 2 rings (SSSR count). The molecular formula is C14H18F2O4. The van der Waals surface area contributed by atoms with Gasteiger partial charge in [0, 0.05) is 19.8 Å². The van der Waals surface area contributed by atoms with Gasteiger partial charge < -0.3 is 18.9 Å². The fraction of sp³-hybridized carbons (Fsp3) is 0.571. The number of benzene rings is 1. The lowest BCUT2D eigenvalue weighted by molar-refractivity contribution is -0.106. The van der Waals surface area contributed by atoms with Crippen molar-refractivity contribution in [2.24, 2.45) is 5.92 Å². The second-order valence-electron chi connectivity index (χ2n) is 4.64. The molecule has 1 saturated carbocycles. The Morgan fingerprint density at radius 1 is 1.15 bits per heavy atom. The summed E-state index contributed by atoms with van der Waals surface area (Å²) in [6.45, 7) is -2.38. The molecular weight excluding hydrogens is 270 g/mol. The summed E-state index contributed by atoms with van der Waals surface area (Å²) in [5, 5.41) is 0. The molecule has 1 aliphatic rings. The van der Waals surface area contributed by atoms with Gasteiger partial charge in [-0.1, -0.05) is 0 Å². The third-order valence-electron chi connectivity index (χ3n) is 3.06. The van der Waals surface area contributed by atoms with E-state index in [4.69, 9.17) is 14.2 Å². The van der Waals surface area contributed by atoms with Gasteiger partial charge in [0.15, 0.2) is 17.8 Å². The van der Waals surface area contributed by atoms with Gasteiger partial charge in [-0.2, -0.15) is 8.78 Å². The molecule has 1 fully saturated rings. The summed E-state index contributed by atoms with van der Waals surface area (Å²) in [5.41, 5.74) is 0.683. The van der Waals surface area contributed by atoms with Crippen LogP contribution in [0.5, 0.6) is 11.5 Å². The summed E-state index contributed by atoms with van der Waals surface area (Å²) in [6, 6.07) is 4.66. The zero-order valence-electron chi connectivity index (χ0n) is 11.5. The molecule has 0 amide bonds. The third kappa shape index (κ3) is 4.05. The van der Waals surface area contributed by atoms with Gasteiger partial charge in [-0.15, -0.1) is 0 Å². The highest BCUT2D eigenvalue weighted by Crippen LogP contribution is 2.35. The highest BCUT2D eigenvalue weighted by atomic mass is 19.3. The number of hydrogen-bond donors (Lipinski definition) is 0. The Morgan fingerprint density at radius 2 is 1.85 bits per heavy atom. The molecule has 112 valence electrons. The fourth-order valence-electron chi connectivity index (χ4n) is 1.84. The zero-order valence-corrected chi connectivity index (χ0v) is 11.5. The van der Waals surface area contributed by atoms with Gasteiger partial charge in [-0.05, 0) is 37.0 Å². The average molecular weight is 288 g/mol. The number of halogens is 2. The standard InChI is InChI=1S/C14H18F2O4/c1-17-13(18-2)10-5-6-11(20-14(15)16)12(7-10)19-8-9-3-4-9/h5-7,9,13-14H,3-4,8H2,1-2H3. The Balaban J connectivity index is 2.17. The van der Waals surface area contributed by atoms with Crippen molar-refractivity contribution in [3.8, 4) is 11.5 Å². The van der Waals surface area contributed by atoms with Crippen molar-refractivity contribution in [3.63, 3.8) is 0 Å². The molecule has 1 aromatic rings. The Labute approximate surface area is 116 Å². The van der Waals surface area contributed by atoms with Crippen molar-refractivity contribution in [1.82, 2.24) is 0 Å². The topological polar surface area (TPSA) is 36.9 Å². The molecule has 0 aliphatic heterocycles. The van der Waals surface area contributed by atoms with Crippen LogP contribution < -0.4 is 9.47 Å². The molecule has 0 bridgehead atoms. The lowest BCUT2D eigenvalue weighted by Gasteiger charge is -2.17. The Bertz CT molecular complexity index is 431. The molecule has 6 heteroatoms. The van der Waals surface area contributed by atoms with Crippen LogP contribution in [0, 0.1) is 5.92 Å². The van der Waals surface area contributed by atoms with Crippen LogP contribution in [0.4, 0.5) is 8.78 Å². The van der Waals surface area contributed by atoms with E-state index >= 15 is 0 Å². The SMILES string of the molecule is COC(OC)c1ccc(OC(F)F)c(OCC2CC2)c1. The van der Waals surface area contributed by atoms with Crippen LogP contribution in [-0.4, -0.2) is 27.4 Å². The summed E-state index contributed by atoms with van der Waals surface area (Å²) in [5.74, 6) is 0.822. The van der Waals surface area contributed by atoms with E-state index < -0.39 is 12.9 Å². The van der Waals surface area contributed by atoms with Gasteiger partial charge in [0.1, 0.15) is 0 Å². The first-order valence-corrected chi connectivity index (χ1v) is 6.41. The van der Waals surface area contributed by atoms with Crippen LogP contribution in [0.25, 0.3) is 0 Å². The number of alkyl halides is 2. The van der Waals surface area contributed by atoms with E-state index in [1.165, 1.54) is 20.3 Å². The Kier molecular flexibility index (Phi) is 5.14. The Morgan fingerprint density at radius 3 is 2.40 bits per heavy atom. The van der Waals surface area contributed by atoms with Crippen LogP contribution in [0.15, 0.2) is 18.2 Å². The number of ether oxygens (including phenoxy) is 4. The minimum atomic E-state index is -2.88. The first kappa shape index (κ1) is 15.0. The second-order valence-corrected chi connectivity index (χ2v) is 4.64. The lowest BCUT2D eigenvalue weighted by Crippen LogP contribution is -2.08. The van der Waals surface area contributed by atoms with Crippen molar-refractivity contribution >= 4 is 0 Å². The second kappa shape index (κ2) is 6.85. The summed E-state index contributed by atoms with van der Waals surface area (Å²) >= 11 is 0. The van der Waals surface area contributed by atoms with E-state index in [1.807, 2.05) is 0 Å². The molecule has 1 aliphatic carbocycles. The van der Waals surface area contributed by atoms with Gasteiger partial charge in [-0.25, -0.2) is 0 Å². The van der Waals surface area contributed by atoms with Crippen LogP contribution in [-0.2, 0) is 9.47 Å². The van der Waals surface area contributed by atoms with Crippen molar-refractivity contribution < 1.29 is 27.7 Å². The van der Waals surface area contributed by atoms with E-state index in [0.29, 0.717) is 18.1 Å². The van der Waals surface area contributed by atoms with Crippen LogP contribution >= 0.6 is 0 Å². The van der Waals surface area contributed by atoms with Gasteiger partial charge in [0.2, 0.25) is 0 Å². The monoisotopic (exact) mass is 288 g/mol. The predicted molar refractivity (Wildman–Crippen MR) is 68.1 cm³/mol. The average Bonchev–Trinajstić information content (AvgIpc) is 3.23. The molecule has 0 atom stereocenters. The smallest absolute Gasteiger partial charge is 0.387 e. The molecule has 1 aromatic carbocycles. The number of hydrogen-bond acceptors (Lipinski definition) is 4. The van der Waals surface area contributed by atoms with Crippen molar-refractivity contribution in [2.75, 3.05) is 20.8 Å². The van der Waals surface area contributed by atoms with Crippen LogP contribution in [0.2, 0.25) is 0 Å². The van der Waals surface area contributed by atoms with Gasteiger partial charge in [0.25, 0.3) is 0 Å². The van der Waals surface area contributed by atoms with Gasteiger partial charge in [0.05, 0.1) is 6.61 Å². The fourth-order valence-corrected chi connectivity index (χ4v) is 1.84. The Hall–Kier alpha value is -1.40. The first-order valence-electron chi connectivity index (χ1n) is 6.41. The molecule has 0 N–H and O–H groups in total. The lowest BCUT2D eigenvalue weighted by atomic mass is 10.2.